The molecule has 1 heterocycles. The Labute approximate surface area is 127 Å². The van der Waals surface area contributed by atoms with Crippen molar-refractivity contribution in [2.24, 2.45) is 0 Å². The molecule has 3 rings (SSSR count). The molecule has 110 valence electrons. The van der Waals surface area contributed by atoms with Gasteiger partial charge in [0.05, 0.1) is 12.5 Å². The SMILES string of the molecule is COc1ccc2c(ccc[n+]2CC(=O)c2ccc(F)cc2)c1. The van der Waals surface area contributed by atoms with Gasteiger partial charge in [0.2, 0.25) is 17.8 Å². The average molecular weight is 296 g/mol. The highest BCUT2D eigenvalue weighted by molar-refractivity contribution is 5.95. The first-order valence-electron chi connectivity index (χ1n) is 6.92. The van der Waals surface area contributed by atoms with Crippen LogP contribution >= 0.6 is 0 Å². The lowest BCUT2D eigenvalue weighted by Crippen LogP contribution is -2.38. The van der Waals surface area contributed by atoms with Crippen LogP contribution < -0.4 is 9.30 Å². The van der Waals surface area contributed by atoms with Crippen molar-refractivity contribution in [2.75, 3.05) is 7.11 Å². The van der Waals surface area contributed by atoms with E-state index in [1.165, 1.54) is 24.3 Å². The second-order valence-corrected chi connectivity index (χ2v) is 4.99. The van der Waals surface area contributed by atoms with Gasteiger partial charge in [0.1, 0.15) is 11.6 Å². The number of hydrogen-bond donors (Lipinski definition) is 0. The summed E-state index contributed by atoms with van der Waals surface area (Å²) in [6, 6.07) is 15.2. The first kappa shape index (κ1) is 14.2. The van der Waals surface area contributed by atoms with E-state index in [0.29, 0.717) is 5.56 Å². The number of fused-ring (bicyclic) bond motifs is 1. The zero-order chi connectivity index (χ0) is 15.5. The Hall–Kier alpha value is -2.75. The van der Waals surface area contributed by atoms with Crippen molar-refractivity contribution < 1.29 is 18.5 Å². The summed E-state index contributed by atoms with van der Waals surface area (Å²) in [6.45, 7) is 0.204. The zero-order valence-corrected chi connectivity index (χ0v) is 12.1. The number of ketones is 1. The molecule has 0 aliphatic rings. The molecule has 0 aliphatic heterocycles. The summed E-state index contributed by atoms with van der Waals surface area (Å²) in [5.74, 6) is 0.366. The number of rotatable bonds is 4. The van der Waals surface area contributed by atoms with Crippen LogP contribution in [0, 0.1) is 5.82 Å². The number of halogens is 1. The van der Waals surface area contributed by atoms with Crippen molar-refractivity contribution >= 4 is 16.7 Å². The van der Waals surface area contributed by atoms with Crippen molar-refractivity contribution in [1.29, 1.82) is 0 Å². The highest BCUT2D eigenvalue weighted by atomic mass is 19.1. The number of pyridine rings is 1. The van der Waals surface area contributed by atoms with Gasteiger partial charge in [-0.25, -0.2) is 4.39 Å². The van der Waals surface area contributed by atoms with Gasteiger partial charge in [0.25, 0.3) is 0 Å². The predicted molar refractivity (Wildman–Crippen MR) is 81.4 cm³/mol. The molecule has 0 saturated carbocycles. The van der Waals surface area contributed by atoms with E-state index >= 15 is 0 Å². The number of ether oxygens (including phenoxy) is 1. The van der Waals surface area contributed by atoms with Crippen LogP contribution in [0.25, 0.3) is 10.9 Å². The Kier molecular flexibility index (Phi) is 3.83. The number of carbonyl (C=O) groups excluding carboxylic acids is 1. The van der Waals surface area contributed by atoms with Crippen LogP contribution in [0.1, 0.15) is 10.4 Å². The molecule has 3 nitrogen and oxygen atoms in total. The fourth-order valence-electron chi connectivity index (χ4n) is 2.41. The lowest BCUT2D eigenvalue weighted by molar-refractivity contribution is -0.657. The fraction of sp³-hybridized carbons (Fsp3) is 0.111. The van der Waals surface area contributed by atoms with Crippen molar-refractivity contribution in [2.45, 2.75) is 6.54 Å². The largest absolute Gasteiger partial charge is 0.497 e. The van der Waals surface area contributed by atoms with Crippen LogP contribution in [-0.4, -0.2) is 12.9 Å². The van der Waals surface area contributed by atoms with E-state index < -0.39 is 0 Å². The smallest absolute Gasteiger partial charge is 0.227 e. The monoisotopic (exact) mass is 296 g/mol. The standard InChI is InChI=1S/C18H15FNO2/c1-22-16-8-9-17-14(11-16)3-2-10-20(17)12-18(21)13-4-6-15(19)7-5-13/h2-11H,12H2,1H3/q+1. The first-order valence-corrected chi connectivity index (χ1v) is 6.92. The van der Waals surface area contributed by atoms with Crippen LogP contribution in [0.4, 0.5) is 4.39 Å². The van der Waals surface area contributed by atoms with Gasteiger partial charge < -0.3 is 4.74 Å². The average Bonchev–Trinajstić information content (AvgIpc) is 2.55. The highest BCUT2D eigenvalue weighted by Gasteiger charge is 2.15. The van der Waals surface area contributed by atoms with Crippen molar-refractivity contribution in [3.8, 4) is 5.75 Å². The summed E-state index contributed by atoms with van der Waals surface area (Å²) in [6.07, 6.45) is 1.86. The molecule has 1 aromatic heterocycles. The normalized spacial score (nSPS) is 10.6. The van der Waals surface area contributed by atoms with Gasteiger partial charge in [-0.1, -0.05) is 0 Å². The molecule has 4 heteroatoms. The van der Waals surface area contributed by atoms with E-state index in [1.54, 1.807) is 7.11 Å². The van der Waals surface area contributed by atoms with Gasteiger partial charge in [-0.2, -0.15) is 4.57 Å². The van der Waals surface area contributed by atoms with E-state index in [0.717, 1.165) is 16.7 Å². The third kappa shape index (κ3) is 2.81. The van der Waals surface area contributed by atoms with E-state index in [2.05, 4.69) is 0 Å². The minimum absolute atomic E-state index is 0.0617. The molecule has 0 bridgehead atoms. The van der Waals surface area contributed by atoms with E-state index in [9.17, 15) is 9.18 Å². The number of carbonyl (C=O) groups is 1. The van der Waals surface area contributed by atoms with Gasteiger partial charge in [0.15, 0.2) is 6.20 Å². The maximum atomic E-state index is 12.9. The molecular formula is C18H15FNO2+. The van der Waals surface area contributed by atoms with E-state index in [1.807, 2.05) is 41.1 Å². The van der Waals surface area contributed by atoms with Crippen LogP contribution in [0.2, 0.25) is 0 Å². The summed E-state index contributed by atoms with van der Waals surface area (Å²) < 4.78 is 20.0. The third-order valence-electron chi connectivity index (χ3n) is 3.57. The molecule has 3 aromatic rings. The summed E-state index contributed by atoms with van der Waals surface area (Å²) >= 11 is 0. The van der Waals surface area contributed by atoms with E-state index in [4.69, 9.17) is 4.74 Å². The third-order valence-corrected chi connectivity index (χ3v) is 3.57. The molecule has 0 fully saturated rings. The maximum Gasteiger partial charge on any atom is 0.227 e. The van der Waals surface area contributed by atoms with Gasteiger partial charge in [0, 0.05) is 17.7 Å². The minimum Gasteiger partial charge on any atom is -0.497 e. The summed E-state index contributed by atoms with van der Waals surface area (Å²) in [7, 11) is 1.62. The molecular weight excluding hydrogens is 281 g/mol. The first-order chi connectivity index (χ1) is 10.7. The second-order valence-electron chi connectivity index (χ2n) is 4.99. The molecule has 0 unspecified atom stereocenters. The molecule has 0 saturated heterocycles. The molecule has 2 aromatic carbocycles. The summed E-state index contributed by atoms with van der Waals surface area (Å²) in [5, 5.41) is 0.994. The fourth-order valence-corrected chi connectivity index (χ4v) is 2.41. The number of hydrogen-bond acceptors (Lipinski definition) is 2. The lowest BCUT2D eigenvalue weighted by atomic mass is 10.1. The van der Waals surface area contributed by atoms with Gasteiger partial charge >= 0.3 is 0 Å². The second kappa shape index (κ2) is 5.93. The molecule has 22 heavy (non-hydrogen) atoms. The van der Waals surface area contributed by atoms with Crippen LogP contribution in [-0.2, 0) is 6.54 Å². The Bertz CT molecular complexity index is 828. The van der Waals surface area contributed by atoms with Crippen LogP contribution in [0.15, 0.2) is 60.8 Å². The summed E-state index contributed by atoms with van der Waals surface area (Å²) in [5.41, 5.74) is 1.44. The predicted octanol–water partition coefficient (Wildman–Crippen LogP) is 3.16. The number of methoxy groups -OCH3 is 1. The molecule has 0 aliphatic carbocycles. The molecule has 0 spiro atoms. The number of aromatic nitrogens is 1. The zero-order valence-electron chi connectivity index (χ0n) is 12.1. The molecule has 0 N–H and O–H groups in total. The lowest BCUT2D eigenvalue weighted by Gasteiger charge is -2.03. The minimum atomic E-state index is -0.346. The van der Waals surface area contributed by atoms with Gasteiger partial charge in [-0.15, -0.1) is 0 Å². The number of benzene rings is 2. The van der Waals surface area contributed by atoms with E-state index in [-0.39, 0.29) is 18.1 Å². The van der Waals surface area contributed by atoms with Crippen molar-refractivity contribution in [3.05, 3.63) is 72.2 Å². The molecule has 0 radical (unpaired) electrons. The topological polar surface area (TPSA) is 30.2 Å². The Morgan fingerprint density at radius 3 is 2.64 bits per heavy atom. The molecule has 0 atom stereocenters. The van der Waals surface area contributed by atoms with Crippen LogP contribution in [0.3, 0.4) is 0 Å². The van der Waals surface area contributed by atoms with Gasteiger partial charge in [-0.05, 0) is 42.5 Å². The summed E-state index contributed by atoms with van der Waals surface area (Å²) in [4.78, 5) is 12.3. The quantitative estimate of drug-likeness (QED) is 0.547. The maximum absolute atomic E-state index is 12.9. The Morgan fingerprint density at radius 2 is 1.91 bits per heavy atom. The Morgan fingerprint density at radius 1 is 1.14 bits per heavy atom. The number of Topliss-reactive ketones (excluding diaryl/α,β-unsaturated/α-hetero) is 1. The highest BCUT2D eigenvalue weighted by Crippen LogP contribution is 2.17. The molecule has 0 amide bonds. The van der Waals surface area contributed by atoms with Crippen LogP contribution in [0.5, 0.6) is 5.75 Å². The Balaban J connectivity index is 1.93. The van der Waals surface area contributed by atoms with Crippen molar-refractivity contribution in [1.82, 2.24) is 0 Å². The van der Waals surface area contributed by atoms with Crippen molar-refractivity contribution in [3.63, 3.8) is 0 Å². The van der Waals surface area contributed by atoms with Gasteiger partial charge in [-0.3, -0.25) is 4.79 Å². The number of nitrogens with zero attached hydrogens (tertiary/aromatic N) is 1.